The van der Waals surface area contributed by atoms with Gasteiger partial charge in [0.2, 0.25) is 11.8 Å². The van der Waals surface area contributed by atoms with E-state index in [4.69, 9.17) is 5.73 Å². The minimum atomic E-state index is -0.615. The molecule has 9 heteroatoms. The average Bonchev–Trinajstić information content (AvgIpc) is 3.09. The first-order valence-corrected chi connectivity index (χ1v) is 7.18. The Labute approximate surface area is 137 Å². The van der Waals surface area contributed by atoms with Gasteiger partial charge in [0.25, 0.3) is 0 Å². The van der Waals surface area contributed by atoms with E-state index in [1.165, 1.54) is 0 Å². The maximum absolute atomic E-state index is 10.7. The number of benzene rings is 1. The van der Waals surface area contributed by atoms with Crippen LogP contribution in [0.25, 0.3) is 5.69 Å². The topological polar surface area (TPSA) is 125 Å². The van der Waals surface area contributed by atoms with Gasteiger partial charge in [-0.1, -0.05) is 12.1 Å². The van der Waals surface area contributed by atoms with Crippen LogP contribution in [0.2, 0.25) is 0 Å². The molecule has 3 aromatic rings. The van der Waals surface area contributed by atoms with Crippen LogP contribution in [-0.2, 0) is 0 Å². The van der Waals surface area contributed by atoms with Crippen LogP contribution >= 0.6 is 0 Å². The van der Waals surface area contributed by atoms with Crippen LogP contribution in [0.1, 0.15) is 18.5 Å². The molecule has 9 nitrogen and oxygen atoms in total. The predicted octanol–water partition coefficient (Wildman–Crippen LogP) is 2.33. The van der Waals surface area contributed by atoms with E-state index < -0.39 is 4.92 Å². The molecule has 2 heterocycles. The van der Waals surface area contributed by atoms with Gasteiger partial charge in [0.05, 0.1) is 16.7 Å². The molecule has 0 bridgehead atoms. The lowest BCUT2D eigenvalue weighted by Crippen LogP contribution is -2.11. The van der Waals surface area contributed by atoms with Crippen molar-refractivity contribution in [2.24, 2.45) is 0 Å². The van der Waals surface area contributed by atoms with Gasteiger partial charge < -0.3 is 11.1 Å². The van der Waals surface area contributed by atoms with Crippen LogP contribution < -0.4 is 11.1 Å². The number of rotatable bonds is 5. The normalized spacial score (nSPS) is 11.9. The Morgan fingerprint density at radius 1 is 1.38 bits per heavy atom. The second-order valence-electron chi connectivity index (χ2n) is 5.13. The van der Waals surface area contributed by atoms with E-state index in [0.717, 1.165) is 17.4 Å². The average molecular weight is 325 g/mol. The fraction of sp³-hybridized carbons (Fsp3) is 0.133. The third-order valence-corrected chi connectivity index (χ3v) is 3.48. The molecule has 24 heavy (non-hydrogen) atoms. The summed E-state index contributed by atoms with van der Waals surface area (Å²) in [6.45, 7) is 1.93. The van der Waals surface area contributed by atoms with Gasteiger partial charge in [-0.25, -0.2) is 9.67 Å². The van der Waals surface area contributed by atoms with Gasteiger partial charge in [-0.05, 0) is 30.7 Å². The highest BCUT2D eigenvalue weighted by molar-refractivity contribution is 5.53. The molecule has 0 aliphatic carbocycles. The van der Waals surface area contributed by atoms with E-state index >= 15 is 0 Å². The maximum Gasteiger partial charge on any atom is 0.329 e. The van der Waals surface area contributed by atoms with E-state index in [-0.39, 0.29) is 23.5 Å². The zero-order valence-corrected chi connectivity index (χ0v) is 12.8. The van der Waals surface area contributed by atoms with Crippen LogP contribution in [0.15, 0.2) is 48.9 Å². The number of hydrogen-bond donors (Lipinski definition) is 2. The van der Waals surface area contributed by atoms with Crippen molar-refractivity contribution in [3.05, 3.63) is 64.6 Å². The molecule has 0 saturated heterocycles. The highest BCUT2D eigenvalue weighted by Crippen LogP contribution is 2.22. The molecule has 3 rings (SSSR count). The van der Waals surface area contributed by atoms with Crippen LogP contribution in [0, 0.1) is 10.1 Å². The number of anilines is 2. The SMILES string of the molecule is CC(Nc1ncc([N+](=O)[O-])c(N)n1)c1cccc(-n2cccn2)c1. The van der Waals surface area contributed by atoms with Crippen LogP contribution in [0.3, 0.4) is 0 Å². The van der Waals surface area contributed by atoms with Crippen molar-refractivity contribution < 1.29 is 4.92 Å². The Hall–Kier alpha value is -3.49. The third kappa shape index (κ3) is 3.14. The summed E-state index contributed by atoms with van der Waals surface area (Å²) < 4.78 is 1.76. The smallest absolute Gasteiger partial charge is 0.329 e. The molecule has 3 N–H and O–H groups in total. The molecule has 0 amide bonds. The molecular weight excluding hydrogens is 310 g/mol. The molecule has 1 unspecified atom stereocenters. The Kier molecular flexibility index (Phi) is 4.06. The molecule has 0 radical (unpaired) electrons. The van der Waals surface area contributed by atoms with E-state index in [0.29, 0.717) is 0 Å². The van der Waals surface area contributed by atoms with Crippen molar-refractivity contribution in [1.29, 1.82) is 0 Å². The van der Waals surface area contributed by atoms with Gasteiger partial charge in [0, 0.05) is 12.4 Å². The zero-order valence-electron chi connectivity index (χ0n) is 12.8. The zero-order chi connectivity index (χ0) is 17.1. The van der Waals surface area contributed by atoms with Crippen molar-refractivity contribution in [2.45, 2.75) is 13.0 Å². The molecule has 0 saturated carbocycles. The molecule has 1 aromatic carbocycles. The maximum atomic E-state index is 10.7. The molecule has 1 atom stereocenters. The number of hydrogen-bond acceptors (Lipinski definition) is 7. The van der Waals surface area contributed by atoms with Gasteiger partial charge in [-0.3, -0.25) is 10.1 Å². The third-order valence-electron chi connectivity index (χ3n) is 3.48. The first-order chi connectivity index (χ1) is 11.5. The summed E-state index contributed by atoms with van der Waals surface area (Å²) in [6, 6.07) is 9.54. The first kappa shape index (κ1) is 15.4. The van der Waals surface area contributed by atoms with Gasteiger partial charge in [-0.2, -0.15) is 10.1 Å². The van der Waals surface area contributed by atoms with Gasteiger partial charge in [0.1, 0.15) is 6.20 Å². The Morgan fingerprint density at radius 3 is 2.88 bits per heavy atom. The van der Waals surface area contributed by atoms with Gasteiger partial charge >= 0.3 is 5.69 Å². The fourth-order valence-corrected chi connectivity index (χ4v) is 2.23. The van der Waals surface area contributed by atoms with E-state index in [2.05, 4.69) is 20.4 Å². The number of nitrogens with two attached hydrogens (primary N) is 1. The van der Waals surface area contributed by atoms with E-state index in [9.17, 15) is 10.1 Å². The molecule has 122 valence electrons. The fourth-order valence-electron chi connectivity index (χ4n) is 2.23. The van der Waals surface area contributed by atoms with Crippen LogP contribution in [-0.4, -0.2) is 24.7 Å². The summed E-state index contributed by atoms with van der Waals surface area (Å²) in [6.07, 6.45) is 4.66. The van der Waals surface area contributed by atoms with E-state index in [1.54, 1.807) is 10.9 Å². The minimum absolute atomic E-state index is 0.124. The number of nitrogens with zero attached hydrogens (tertiary/aromatic N) is 5. The molecule has 0 aliphatic heterocycles. The highest BCUT2D eigenvalue weighted by atomic mass is 16.6. The monoisotopic (exact) mass is 325 g/mol. The quantitative estimate of drug-likeness (QED) is 0.544. The lowest BCUT2D eigenvalue weighted by molar-refractivity contribution is -0.384. The van der Waals surface area contributed by atoms with Crippen molar-refractivity contribution in [1.82, 2.24) is 19.7 Å². The number of aromatic nitrogens is 4. The van der Waals surface area contributed by atoms with Gasteiger partial charge in [0.15, 0.2) is 0 Å². The van der Waals surface area contributed by atoms with Crippen LogP contribution in [0.4, 0.5) is 17.5 Å². The summed E-state index contributed by atoms with van der Waals surface area (Å²) in [5.41, 5.74) is 7.18. The molecule has 0 aliphatic rings. The van der Waals surface area contributed by atoms with Crippen molar-refractivity contribution in [2.75, 3.05) is 11.1 Å². The first-order valence-electron chi connectivity index (χ1n) is 7.18. The van der Waals surface area contributed by atoms with Crippen molar-refractivity contribution >= 4 is 17.5 Å². The summed E-state index contributed by atoms with van der Waals surface area (Å²) in [5, 5.41) is 18.0. The summed E-state index contributed by atoms with van der Waals surface area (Å²) in [7, 11) is 0. The van der Waals surface area contributed by atoms with Crippen molar-refractivity contribution in [3.8, 4) is 5.69 Å². The summed E-state index contributed by atoms with van der Waals surface area (Å²) >= 11 is 0. The van der Waals surface area contributed by atoms with Crippen LogP contribution in [0.5, 0.6) is 0 Å². The van der Waals surface area contributed by atoms with E-state index in [1.807, 2.05) is 43.5 Å². The molecule has 0 spiro atoms. The molecular formula is C15H15N7O2. The highest BCUT2D eigenvalue weighted by Gasteiger charge is 2.15. The Bertz CT molecular complexity index is 864. The number of nitrogen functional groups attached to an aromatic ring is 1. The number of nitro groups is 1. The standard InChI is InChI=1S/C15H15N7O2/c1-10(19-15-17-9-13(22(23)24)14(16)20-15)11-4-2-5-12(8-11)21-7-3-6-18-21/h2-10H,1H3,(H3,16,17,19,20). The predicted molar refractivity (Wildman–Crippen MR) is 88.7 cm³/mol. The Morgan fingerprint density at radius 2 is 2.21 bits per heavy atom. The summed E-state index contributed by atoms with van der Waals surface area (Å²) in [4.78, 5) is 18.0. The Balaban J connectivity index is 1.80. The lowest BCUT2D eigenvalue weighted by atomic mass is 10.1. The lowest BCUT2D eigenvalue weighted by Gasteiger charge is -2.15. The largest absolute Gasteiger partial charge is 0.378 e. The molecule has 2 aromatic heterocycles. The second-order valence-corrected chi connectivity index (χ2v) is 5.13. The van der Waals surface area contributed by atoms with Crippen molar-refractivity contribution in [3.63, 3.8) is 0 Å². The minimum Gasteiger partial charge on any atom is -0.378 e. The summed E-state index contributed by atoms with van der Waals surface area (Å²) in [5.74, 6) is 0.0603. The molecule has 0 fully saturated rings. The second kappa shape index (κ2) is 6.32. The number of nitrogens with one attached hydrogen (secondary N) is 1. The van der Waals surface area contributed by atoms with Gasteiger partial charge in [-0.15, -0.1) is 0 Å².